The van der Waals surface area contributed by atoms with Crippen molar-refractivity contribution in [1.82, 2.24) is 13.1 Å². The Balaban J connectivity index is 1.85. The standard InChI is InChI=1S/C28H24ClN3O5S/c1-17-5-11-20(12-6-17)38(35,36)32-25(29)13-22-24(16-31(3)28(34)27(22)32)21-14-26(33)30(2)15-23(21)18-7-9-19(37-4)10-8-18/h5-16H,1-4H3. The number of rotatable bonds is 5. The van der Waals surface area contributed by atoms with Crippen LogP contribution in [0, 0.1) is 6.92 Å². The lowest BCUT2D eigenvalue weighted by atomic mass is 9.95. The maximum atomic E-state index is 13.7. The molecule has 0 radical (unpaired) electrons. The quantitative estimate of drug-likeness (QED) is 0.320. The summed E-state index contributed by atoms with van der Waals surface area (Å²) < 4.78 is 36.2. The molecule has 5 aromatic rings. The first-order chi connectivity index (χ1) is 18.0. The first-order valence-electron chi connectivity index (χ1n) is 11.6. The number of halogens is 1. The van der Waals surface area contributed by atoms with Crippen LogP contribution in [0.2, 0.25) is 5.15 Å². The summed E-state index contributed by atoms with van der Waals surface area (Å²) in [5.41, 5.74) is 2.51. The van der Waals surface area contributed by atoms with Gasteiger partial charge in [0.05, 0.1) is 12.0 Å². The zero-order chi connectivity index (χ0) is 27.4. The van der Waals surface area contributed by atoms with Gasteiger partial charge >= 0.3 is 0 Å². The lowest BCUT2D eigenvalue weighted by Gasteiger charge is -2.15. The maximum Gasteiger partial charge on any atom is 0.275 e. The number of aromatic nitrogens is 3. The van der Waals surface area contributed by atoms with Gasteiger partial charge in [-0.25, -0.2) is 12.4 Å². The van der Waals surface area contributed by atoms with Crippen LogP contribution in [0.5, 0.6) is 5.75 Å². The number of pyridine rings is 2. The third-order valence-corrected chi connectivity index (χ3v) is 8.64. The van der Waals surface area contributed by atoms with E-state index in [1.807, 2.05) is 31.2 Å². The number of methoxy groups -OCH3 is 1. The lowest BCUT2D eigenvalue weighted by molar-refractivity contribution is 0.415. The van der Waals surface area contributed by atoms with E-state index in [0.717, 1.165) is 15.1 Å². The van der Waals surface area contributed by atoms with Gasteiger partial charge < -0.3 is 13.9 Å². The summed E-state index contributed by atoms with van der Waals surface area (Å²) in [5, 5.41) is 0.178. The van der Waals surface area contributed by atoms with Crippen molar-refractivity contribution in [2.75, 3.05) is 7.11 Å². The molecule has 0 spiro atoms. The van der Waals surface area contributed by atoms with Gasteiger partial charge in [-0.3, -0.25) is 9.59 Å². The highest BCUT2D eigenvalue weighted by atomic mass is 35.5. The predicted octanol–water partition coefficient (Wildman–Crippen LogP) is 4.58. The number of ether oxygens (including phenoxy) is 1. The molecule has 0 aliphatic rings. The summed E-state index contributed by atoms with van der Waals surface area (Å²) in [6.07, 6.45) is 3.30. The summed E-state index contributed by atoms with van der Waals surface area (Å²) >= 11 is 6.52. The Morgan fingerprint density at radius 1 is 0.816 bits per heavy atom. The largest absolute Gasteiger partial charge is 0.497 e. The van der Waals surface area contributed by atoms with E-state index in [4.69, 9.17) is 16.3 Å². The molecule has 5 rings (SSSR count). The van der Waals surface area contributed by atoms with Gasteiger partial charge in [0.1, 0.15) is 16.4 Å². The van der Waals surface area contributed by atoms with Gasteiger partial charge in [-0.05, 0) is 48.4 Å². The molecule has 194 valence electrons. The third-order valence-electron chi connectivity index (χ3n) is 6.53. The molecule has 8 nitrogen and oxygen atoms in total. The van der Waals surface area contributed by atoms with E-state index in [1.54, 1.807) is 38.7 Å². The number of hydrogen-bond acceptors (Lipinski definition) is 5. The molecule has 38 heavy (non-hydrogen) atoms. The third kappa shape index (κ3) is 4.13. The Kier molecular flexibility index (Phi) is 6.28. The summed E-state index contributed by atoms with van der Waals surface area (Å²) in [4.78, 5) is 26.1. The van der Waals surface area contributed by atoms with Crippen molar-refractivity contribution >= 4 is 32.5 Å². The second kappa shape index (κ2) is 9.34. The molecule has 0 atom stereocenters. The molecule has 2 aromatic carbocycles. The summed E-state index contributed by atoms with van der Waals surface area (Å²) in [6.45, 7) is 1.85. The predicted molar refractivity (Wildman–Crippen MR) is 149 cm³/mol. The second-order valence-electron chi connectivity index (χ2n) is 9.05. The zero-order valence-corrected chi connectivity index (χ0v) is 22.7. The van der Waals surface area contributed by atoms with E-state index >= 15 is 0 Å². The summed E-state index contributed by atoms with van der Waals surface area (Å²) in [6, 6.07) is 16.6. The molecule has 0 N–H and O–H groups in total. The second-order valence-corrected chi connectivity index (χ2v) is 11.2. The first-order valence-corrected chi connectivity index (χ1v) is 13.4. The Morgan fingerprint density at radius 3 is 2.08 bits per heavy atom. The highest BCUT2D eigenvalue weighted by Gasteiger charge is 2.27. The SMILES string of the molecule is COc1ccc(-c2cn(C)c(=O)cc2-c2cn(C)c(=O)c3c2cc(Cl)n3S(=O)(=O)c2ccc(C)cc2)cc1. The molecule has 3 aromatic heterocycles. The van der Waals surface area contributed by atoms with Crippen molar-refractivity contribution < 1.29 is 13.2 Å². The normalized spacial score (nSPS) is 11.7. The van der Waals surface area contributed by atoms with Crippen molar-refractivity contribution in [1.29, 1.82) is 0 Å². The molecule has 0 bridgehead atoms. The van der Waals surface area contributed by atoms with E-state index in [1.165, 1.54) is 40.4 Å². The molecule has 10 heteroatoms. The number of hydrogen-bond donors (Lipinski definition) is 0. The number of nitrogens with zero attached hydrogens (tertiary/aromatic N) is 3. The van der Waals surface area contributed by atoms with Crippen molar-refractivity contribution in [3.05, 3.63) is 104 Å². The molecule has 0 aliphatic heterocycles. The van der Waals surface area contributed by atoms with Crippen molar-refractivity contribution in [3.8, 4) is 28.0 Å². The number of fused-ring (bicyclic) bond motifs is 1. The minimum Gasteiger partial charge on any atom is -0.497 e. The average Bonchev–Trinajstić information content (AvgIpc) is 3.26. The van der Waals surface area contributed by atoms with E-state index < -0.39 is 15.6 Å². The Bertz CT molecular complexity index is 1930. The maximum absolute atomic E-state index is 13.7. The first kappa shape index (κ1) is 25.6. The van der Waals surface area contributed by atoms with Crippen molar-refractivity contribution in [3.63, 3.8) is 0 Å². The van der Waals surface area contributed by atoms with Crippen LogP contribution in [-0.2, 0) is 24.1 Å². The van der Waals surface area contributed by atoms with Crippen LogP contribution < -0.4 is 15.9 Å². The average molecular weight is 550 g/mol. The molecule has 0 saturated heterocycles. The van der Waals surface area contributed by atoms with E-state index in [-0.39, 0.29) is 21.1 Å². The van der Waals surface area contributed by atoms with Crippen LogP contribution in [0.3, 0.4) is 0 Å². The van der Waals surface area contributed by atoms with E-state index in [0.29, 0.717) is 27.8 Å². The Labute approximate surface area is 224 Å². The Morgan fingerprint density at radius 2 is 1.45 bits per heavy atom. The van der Waals surface area contributed by atoms with Crippen LogP contribution in [0.4, 0.5) is 0 Å². The van der Waals surface area contributed by atoms with Crippen molar-refractivity contribution in [2.45, 2.75) is 11.8 Å². The van der Waals surface area contributed by atoms with Gasteiger partial charge in [-0.1, -0.05) is 41.4 Å². The van der Waals surface area contributed by atoms with Gasteiger partial charge in [0.2, 0.25) is 0 Å². The van der Waals surface area contributed by atoms with Crippen LogP contribution >= 0.6 is 11.6 Å². The monoisotopic (exact) mass is 549 g/mol. The smallest absolute Gasteiger partial charge is 0.275 e. The number of aryl methyl sites for hydroxylation is 3. The zero-order valence-electron chi connectivity index (χ0n) is 21.1. The molecule has 0 unspecified atom stereocenters. The fourth-order valence-corrected chi connectivity index (χ4v) is 6.33. The van der Waals surface area contributed by atoms with Crippen LogP contribution in [0.15, 0.2) is 87.5 Å². The molecular formula is C28H24ClN3O5S. The molecule has 0 saturated carbocycles. The fourth-order valence-electron chi connectivity index (χ4n) is 4.48. The molecule has 0 amide bonds. The van der Waals surface area contributed by atoms with Gasteiger partial charge in [0.15, 0.2) is 0 Å². The fraction of sp³-hybridized carbons (Fsp3) is 0.143. The van der Waals surface area contributed by atoms with E-state index in [9.17, 15) is 18.0 Å². The lowest BCUT2D eigenvalue weighted by Crippen LogP contribution is -2.23. The highest BCUT2D eigenvalue weighted by molar-refractivity contribution is 7.90. The topological polar surface area (TPSA) is 92.3 Å². The Hall–Kier alpha value is -4.08. The minimum absolute atomic E-state index is 0.00228. The molecule has 3 heterocycles. The molecule has 0 aliphatic carbocycles. The highest BCUT2D eigenvalue weighted by Crippen LogP contribution is 2.38. The van der Waals surface area contributed by atoms with Crippen LogP contribution in [-0.4, -0.2) is 28.6 Å². The molecule has 0 fully saturated rings. The van der Waals surface area contributed by atoms with Gasteiger partial charge in [-0.2, -0.15) is 0 Å². The minimum atomic E-state index is -4.20. The van der Waals surface area contributed by atoms with Gasteiger partial charge in [0, 0.05) is 49.1 Å². The van der Waals surface area contributed by atoms with Crippen molar-refractivity contribution in [2.24, 2.45) is 14.1 Å². The van der Waals surface area contributed by atoms with E-state index in [2.05, 4.69) is 0 Å². The van der Waals surface area contributed by atoms with Gasteiger partial charge in [0.25, 0.3) is 21.1 Å². The number of benzene rings is 2. The van der Waals surface area contributed by atoms with Gasteiger partial charge in [-0.15, -0.1) is 0 Å². The molecular weight excluding hydrogens is 526 g/mol. The van der Waals surface area contributed by atoms with Crippen LogP contribution in [0.25, 0.3) is 33.2 Å². The summed E-state index contributed by atoms with van der Waals surface area (Å²) in [5.74, 6) is 0.676. The van der Waals surface area contributed by atoms with Crippen LogP contribution in [0.1, 0.15) is 5.56 Å². The summed E-state index contributed by atoms with van der Waals surface area (Å²) in [7, 11) is 0.556.